The van der Waals surface area contributed by atoms with Crippen LogP contribution in [-0.2, 0) is 5.41 Å². The van der Waals surface area contributed by atoms with Gasteiger partial charge in [-0.25, -0.2) is 0 Å². The first kappa shape index (κ1) is 16.0. The number of benzene rings is 2. The van der Waals surface area contributed by atoms with E-state index in [-0.39, 0.29) is 11.3 Å². The molecular weight excluding hydrogens is 270 g/mol. The van der Waals surface area contributed by atoms with Crippen LogP contribution in [0.1, 0.15) is 42.3 Å². The predicted molar refractivity (Wildman–Crippen MR) is 93.0 cm³/mol. The maximum Gasteiger partial charge on any atom is 0.251 e. The summed E-state index contributed by atoms with van der Waals surface area (Å²) in [6.45, 7) is 11.1. The van der Waals surface area contributed by atoms with Crippen LogP contribution in [0.5, 0.6) is 0 Å². The molecule has 0 unspecified atom stereocenters. The van der Waals surface area contributed by atoms with Crippen molar-refractivity contribution in [1.82, 2.24) is 5.32 Å². The average molecular weight is 293 g/mol. The molecule has 0 fully saturated rings. The van der Waals surface area contributed by atoms with E-state index >= 15 is 0 Å². The fourth-order valence-corrected chi connectivity index (χ4v) is 2.19. The van der Waals surface area contributed by atoms with E-state index in [1.54, 1.807) is 12.1 Å². The number of carbonyl (C=O) groups is 1. The zero-order chi connectivity index (χ0) is 16.2. The van der Waals surface area contributed by atoms with Crippen LogP contribution in [0, 0.1) is 0 Å². The van der Waals surface area contributed by atoms with E-state index in [0.29, 0.717) is 12.1 Å². The summed E-state index contributed by atoms with van der Waals surface area (Å²) in [7, 11) is 0. The molecule has 0 saturated heterocycles. The number of nitrogens with one attached hydrogen (secondary N) is 1. The monoisotopic (exact) mass is 293 g/mol. The van der Waals surface area contributed by atoms with Crippen molar-refractivity contribution in [3.63, 3.8) is 0 Å². The molecule has 0 aliphatic rings. The highest BCUT2D eigenvalue weighted by atomic mass is 16.1. The van der Waals surface area contributed by atoms with Crippen LogP contribution in [0.2, 0.25) is 0 Å². The van der Waals surface area contributed by atoms with Crippen LogP contribution in [0.3, 0.4) is 0 Å². The minimum Gasteiger partial charge on any atom is -0.348 e. The summed E-state index contributed by atoms with van der Waals surface area (Å²) >= 11 is 0. The van der Waals surface area contributed by atoms with Gasteiger partial charge in [0.25, 0.3) is 5.91 Å². The van der Waals surface area contributed by atoms with E-state index < -0.39 is 0 Å². The summed E-state index contributed by atoms with van der Waals surface area (Å²) in [5.41, 5.74) is 4.06. The molecule has 2 heteroatoms. The van der Waals surface area contributed by atoms with Crippen LogP contribution >= 0.6 is 0 Å². The molecule has 0 aromatic heterocycles. The van der Waals surface area contributed by atoms with Crippen molar-refractivity contribution in [2.45, 2.75) is 26.2 Å². The Morgan fingerprint density at radius 1 is 0.955 bits per heavy atom. The van der Waals surface area contributed by atoms with Gasteiger partial charge in [0, 0.05) is 12.1 Å². The highest BCUT2D eigenvalue weighted by Gasteiger charge is 2.13. The Balaban J connectivity index is 1.97. The molecule has 0 heterocycles. The third kappa shape index (κ3) is 4.08. The number of hydrogen-bond acceptors (Lipinski definition) is 1. The average Bonchev–Trinajstić information content (AvgIpc) is 2.52. The molecule has 0 aliphatic carbocycles. The first-order valence-corrected chi connectivity index (χ1v) is 7.50. The van der Waals surface area contributed by atoms with E-state index in [0.717, 1.165) is 11.1 Å². The van der Waals surface area contributed by atoms with Crippen LogP contribution in [0.15, 0.2) is 61.2 Å². The van der Waals surface area contributed by atoms with Gasteiger partial charge in [0.2, 0.25) is 0 Å². The summed E-state index contributed by atoms with van der Waals surface area (Å²) in [6.07, 6.45) is 0. The fraction of sp³-hybridized carbons (Fsp3) is 0.250. The molecule has 0 bridgehead atoms. The first-order chi connectivity index (χ1) is 10.4. The Morgan fingerprint density at radius 3 is 2.09 bits per heavy atom. The summed E-state index contributed by atoms with van der Waals surface area (Å²) in [6, 6.07) is 17.6. The number of amides is 1. The van der Waals surface area contributed by atoms with Crippen molar-refractivity contribution >= 4 is 11.5 Å². The SMILES string of the molecule is C=C(CNC(=O)c1ccccc1)c1ccc(C(C)(C)C)cc1. The van der Waals surface area contributed by atoms with Crippen LogP contribution in [-0.4, -0.2) is 12.5 Å². The molecule has 2 nitrogen and oxygen atoms in total. The van der Waals surface area contributed by atoms with Gasteiger partial charge in [0.1, 0.15) is 0 Å². The van der Waals surface area contributed by atoms with E-state index in [1.807, 2.05) is 18.2 Å². The number of carbonyl (C=O) groups excluding carboxylic acids is 1. The van der Waals surface area contributed by atoms with Crippen molar-refractivity contribution in [3.05, 3.63) is 77.9 Å². The van der Waals surface area contributed by atoms with Crippen molar-refractivity contribution in [2.75, 3.05) is 6.54 Å². The molecule has 1 N–H and O–H groups in total. The predicted octanol–water partition coefficient (Wildman–Crippen LogP) is 4.43. The lowest BCUT2D eigenvalue weighted by Crippen LogP contribution is -2.24. The molecule has 0 atom stereocenters. The smallest absolute Gasteiger partial charge is 0.251 e. The Hall–Kier alpha value is -2.35. The first-order valence-electron chi connectivity index (χ1n) is 7.50. The van der Waals surface area contributed by atoms with Gasteiger partial charge in [-0.1, -0.05) is 69.8 Å². The van der Waals surface area contributed by atoms with Crippen molar-refractivity contribution < 1.29 is 4.79 Å². The lowest BCUT2D eigenvalue weighted by molar-refractivity contribution is 0.0958. The Labute approximate surface area is 132 Å². The summed E-state index contributed by atoms with van der Waals surface area (Å²) in [5.74, 6) is -0.0759. The highest BCUT2D eigenvalue weighted by molar-refractivity contribution is 5.94. The molecule has 0 saturated carbocycles. The summed E-state index contributed by atoms with van der Waals surface area (Å²) in [4.78, 5) is 12.0. The number of rotatable bonds is 4. The second-order valence-electron chi connectivity index (χ2n) is 6.48. The Kier molecular flexibility index (Phi) is 4.81. The zero-order valence-electron chi connectivity index (χ0n) is 13.5. The molecule has 2 rings (SSSR count). The Morgan fingerprint density at radius 2 is 1.55 bits per heavy atom. The van der Waals surface area contributed by atoms with Crippen molar-refractivity contribution in [3.8, 4) is 0 Å². The van der Waals surface area contributed by atoms with Crippen LogP contribution in [0.4, 0.5) is 0 Å². The molecule has 114 valence electrons. The van der Waals surface area contributed by atoms with Gasteiger partial charge in [0.15, 0.2) is 0 Å². The molecule has 2 aromatic carbocycles. The molecule has 22 heavy (non-hydrogen) atoms. The van der Waals surface area contributed by atoms with Gasteiger partial charge in [-0.05, 0) is 34.2 Å². The third-order valence-electron chi connectivity index (χ3n) is 3.66. The van der Waals surface area contributed by atoms with Crippen LogP contribution < -0.4 is 5.32 Å². The van der Waals surface area contributed by atoms with E-state index in [1.165, 1.54) is 5.56 Å². The standard InChI is InChI=1S/C20H23NO/c1-15(14-21-19(22)17-8-6-5-7-9-17)16-10-12-18(13-11-16)20(2,3)4/h5-13H,1,14H2,2-4H3,(H,21,22). The second kappa shape index (κ2) is 6.61. The lowest BCUT2D eigenvalue weighted by Gasteiger charge is -2.19. The maximum atomic E-state index is 12.0. The summed E-state index contributed by atoms with van der Waals surface area (Å²) < 4.78 is 0. The Bertz CT molecular complexity index is 648. The lowest BCUT2D eigenvalue weighted by atomic mass is 9.86. The van der Waals surface area contributed by atoms with Gasteiger partial charge in [0.05, 0.1) is 0 Å². The normalized spacial score (nSPS) is 11.0. The molecule has 0 radical (unpaired) electrons. The molecule has 2 aromatic rings. The summed E-state index contributed by atoms with van der Waals surface area (Å²) in [5, 5.41) is 2.90. The minimum atomic E-state index is -0.0759. The zero-order valence-corrected chi connectivity index (χ0v) is 13.5. The third-order valence-corrected chi connectivity index (χ3v) is 3.66. The highest BCUT2D eigenvalue weighted by Crippen LogP contribution is 2.23. The molecule has 0 aliphatic heterocycles. The van der Waals surface area contributed by atoms with Gasteiger partial charge in [-0.3, -0.25) is 4.79 Å². The minimum absolute atomic E-state index is 0.0759. The van der Waals surface area contributed by atoms with E-state index in [9.17, 15) is 4.79 Å². The van der Waals surface area contributed by atoms with Crippen molar-refractivity contribution in [1.29, 1.82) is 0 Å². The van der Waals surface area contributed by atoms with E-state index in [2.05, 4.69) is 56.9 Å². The largest absolute Gasteiger partial charge is 0.348 e. The van der Waals surface area contributed by atoms with Crippen molar-refractivity contribution in [2.24, 2.45) is 0 Å². The maximum absolute atomic E-state index is 12.0. The topological polar surface area (TPSA) is 29.1 Å². The van der Waals surface area contributed by atoms with E-state index in [4.69, 9.17) is 0 Å². The quantitative estimate of drug-likeness (QED) is 0.888. The van der Waals surface area contributed by atoms with Gasteiger partial charge < -0.3 is 5.32 Å². The molecule has 0 spiro atoms. The van der Waals surface area contributed by atoms with Gasteiger partial charge >= 0.3 is 0 Å². The second-order valence-corrected chi connectivity index (χ2v) is 6.48. The van der Waals surface area contributed by atoms with Gasteiger partial charge in [-0.2, -0.15) is 0 Å². The molecule has 1 amide bonds. The van der Waals surface area contributed by atoms with Gasteiger partial charge in [-0.15, -0.1) is 0 Å². The number of hydrogen-bond donors (Lipinski definition) is 1. The molecular formula is C20H23NO. The fourth-order valence-electron chi connectivity index (χ4n) is 2.19. The van der Waals surface area contributed by atoms with Crippen LogP contribution in [0.25, 0.3) is 5.57 Å².